The monoisotopic (exact) mass is 501 g/mol. The molecule has 0 saturated carbocycles. The van der Waals surface area contributed by atoms with Crippen LogP contribution in [0.4, 0.5) is 0 Å². The molecule has 0 heterocycles. The molecule has 0 aromatic carbocycles. The van der Waals surface area contributed by atoms with E-state index in [1.54, 1.807) is 0 Å². The Morgan fingerprint density at radius 3 is 1.29 bits per heavy atom. The second-order valence-electron chi connectivity index (χ2n) is 11.9. The fourth-order valence-corrected chi connectivity index (χ4v) is 5.49. The molecule has 3 N–H and O–H groups in total. The number of rotatable bonds is 27. The van der Waals surface area contributed by atoms with Crippen molar-refractivity contribution in [2.45, 2.75) is 173 Å². The smallest absolute Gasteiger partial charge is 0.126 e. The van der Waals surface area contributed by atoms with E-state index in [9.17, 15) is 15.3 Å². The molecule has 4 nitrogen and oxygen atoms in total. The van der Waals surface area contributed by atoms with Crippen LogP contribution in [0.2, 0.25) is 0 Å². The van der Waals surface area contributed by atoms with Crippen molar-refractivity contribution in [2.75, 3.05) is 27.2 Å². The lowest BCUT2D eigenvalue weighted by Gasteiger charge is -2.40. The summed E-state index contributed by atoms with van der Waals surface area (Å²) >= 11 is 0. The molecule has 4 heteroatoms. The molecule has 35 heavy (non-hydrogen) atoms. The zero-order valence-electron chi connectivity index (χ0n) is 24.5. The zero-order chi connectivity index (χ0) is 26.2. The number of hydrogen-bond acceptors (Lipinski definition) is 3. The number of quaternary nitrogens is 1. The summed E-state index contributed by atoms with van der Waals surface area (Å²) in [5.74, 6) is 0. The van der Waals surface area contributed by atoms with Gasteiger partial charge in [-0.3, -0.25) is 0 Å². The number of nitrogens with zero attached hydrogens (tertiary/aromatic N) is 1. The average Bonchev–Trinajstić information content (AvgIpc) is 2.83. The third-order valence-electron chi connectivity index (χ3n) is 7.96. The summed E-state index contributed by atoms with van der Waals surface area (Å²) in [7, 11) is 4.32. The summed E-state index contributed by atoms with van der Waals surface area (Å²) < 4.78 is 0.675. The zero-order valence-corrected chi connectivity index (χ0v) is 24.5. The maximum absolute atomic E-state index is 10.8. The van der Waals surface area contributed by atoms with E-state index in [0.717, 1.165) is 25.7 Å². The molecule has 0 aliphatic carbocycles. The molecule has 0 aliphatic heterocycles. The van der Waals surface area contributed by atoms with Crippen molar-refractivity contribution >= 4 is 0 Å². The lowest BCUT2D eigenvalue weighted by Crippen LogP contribution is -2.54. The number of unbranched alkanes of at least 4 members (excludes halogenated alkanes) is 17. The summed E-state index contributed by atoms with van der Waals surface area (Å²) in [4.78, 5) is 0. The van der Waals surface area contributed by atoms with Crippen molar-refractivity contribution in [3.05, 3.63) is 0 Å². The maximum atomic E-state index is 10.8. The van der Waals surface area contributed by atoms with E-state index >= 15 is 0 Å². The summed E-state index contributed by atoms with van der Waals surface area (Å²) in [6, 6.07) is 0.332. The van der Waals surface area contributed by atoms with Crippen LogP contribution in [-0.4, -0.2) is 65.3 Å². The average molecular weight is 501 g/mol. The highest BCUT2D eigenvalue weighted by molar-refractivity contribution is 4.68. The molecule has 0 aromatic heterocycles. The van der Waals surface area contributed by atoms with Gasteiger partial charge in [0, 0.05) is 6.42 Å². The molecule has 0 bridgehead atoms. The van der Waals surface area contributed by atoms with Gasteiger partial charge in [-0.2, -0.15) is 0 Å². The van der Waals surface area contributed by atoms with Gasteiger partial charge >= 0.3 is 0 Å². The molecular formula is C31H66NO3+. The predicted octanol–water partition coefficient (Wildman–Crippen LogP) is 7.77. The normalized spacial score (nSPS) is 14.8. The van der Waals surface area contributed by atoms with Crippen molar-refractivity contribution in [3.63, 3.8) is 0 Å². The molecule has 0 amide bonds. The minimum absolute atomic E-state index is 0.187. The van der Waals surface area contributed by atoms with Gasteiger partial charge in [-0.25, -0.2) is 0 Å². The molecule has 0 saturated heterocycles. The molecule has 0 rings (SSSR count). The Hall–Kier alpha value is -0.160. The van der Waals surface area contributed by atoms with E-state index in [1.807, 2.05) is 0 Å². The second kappa shape index (κ2) is 24.2. The Kier molecular flexibility index (Phi) is 24.1. The summed E-state index contributed by atoms with van der Waals surface area (Å²) in [5.41, 5.74) is 0. The molecular weight excluding hydrogens is 434 g/mol. The van der Waals surface area contributed by atoms with Crippen LogP contribution >= 0.6 is 0 Å². The Balaban J connectivity index is 4.26. The number of aliphatic hydroxyl groups excluding tert-OH is 3. The van der Waals surface area contributed by atoms with Crippen molar-refractivity contribution in [1.82, 2.24) is 0 Å². The first-order valence-electron chi connectivity index (χ1n) is 15.7. The topological polar surface area (TPSA) is 60.7 Å². The van der Waals surface area contributed by atoms with Crippen LogP contribution in [0.1, 0.15) is 155 Å². The van der Waals surface area contributed by atoms with Gasteiger partial charge in [-0.15, -0.1) is 0 Å². The summed E-state index contributed by atoms with van der Waals surface area (Å²) in [5, 5.41) is 30.3. The molecule has 3 atom stereocenters. The van der Waals surface area contributed by atoms with Crippen LogP contribution in [0.5, 0.6) is 0 Å². The van der Waals surface area contributed by atoms with Gasteiger partial charge in [0.15, 0.2) is 0 Å². The van der Waals surface area contributed by atoms with Gasteiger partial charge in [-0.1, -0.05) is 129 Å². The fraction of sp³-hybridized carbons (Fsp3) is 1.00. The van der Waals surface area contributed by atoms with E-state index in [1.165, 1.54) is 116 Å². The lowest BCUT2D eigenvalue weighted by molar-refractivity contribution is -0.919. The largest absolute Gasteiger partial charge is 0.393 e. The van der Waals surface area contributed by atoms with Gasteiger partial charge in [0.05, 0.1) is 32.8 Å². The van der Waals surface area contributed by atoms with Crippen LogP contribution in [0.15, 0.2) is 0 Å². The van der Waals surface area contributed by atoms with Gasteiger partial charge in [-0.05, 0) is 19.3 Å². The lowest BCUT2D eigenvalue weighted by atomic mass is 9.95. The Morgan fingerprint density at radius 1 is 0.514 bits per heavy atom. The minimum Gasteiger partial charge on any atom is -0.393 e. The first-order chi connectivity index (χ1) is 16.9. The highest BCUT2D eigenvalue weighted by atomic mass is 16.3. The molecule has 0 aromatic rings. The summed E-state index contributed by atoms with van der Waals surface area (Å²) in [6.45, 7) is 4.89. The SMILES string of the molecule is CCCCCCCCCCCCCC(CC(O)CCCCCCCCCC)[N+](C)(C)CC(O)CO. The Morgan fingerprint density at radius 2 is 0.886 bits per heavy atom. The van der Waals surface area contributed by atoms with Crippen LogP contribution < -0.4 is 0 Å². The number of hydrogen-bond donors (Lipinski definition) is 3. The Bertz CT molecular complexity index is 429. The second-order valence-corrected chi connectivity index (χ2v) is 11.9. The quantitative estimate of drug-likeness (QED) is 0.0797. The van der Waals surface area contributed by atoms with Crippen LogP contribution in [-0.2, 0) is 0 Å². The molecule has 3 unspecified atom stereocenters. The maximum Gasteiger partial charge on any atom is 0.126 e. The van der Waals surface area contributed by atoms with Gasteiger partial charge < -0.3 is 19.8 Å². The highest BCUT2D eigenvalue weighted by Gasteiger charge is 2.31. The molecule has 0 radical (unpaired) electrons. The highest BCUT2D eigenvalue weighted by Crippen LogP contribution is 2.23. The third kappa shape index (κ3) is 21.6. The molecule has 0 aliphatic rings. The standard InChI is InChI=1S/C31H66NO3/c1-5-7-9-11-13-15-16-17-18-20-22-24-29(32(3,4)27-31(35)28-33)26-30(34)25-23-21-19-14-12-10-8-6-2/h29-31,33-35H,5-28H2,1-4H3/q+1. The van der Waals surface area contributed by atoms with E-state index in [0.29, 0.717) is 17.1 Å². The van der Waals surface area contributed by atoms with Crippen LogP contribution in [0.3, 0.4) is 0 Å². The molecule has 0 spiro atoms. The first-order valence-corrected chi connectivity index (χ1v) is 15.7. The van der Waals surface area contributed by atoms with E-state index in [2.05, 4.69) is 27.9 Å². The third-order valence-corrected chi connectivity index (χ3v) is 7.96. The number of aliphatic hydroxyl groups is 3. The van der Waals surface area contributed by atoms with Crippen molar-refractivity contribution in [3.8, 4) is 0 Å². The van der Waals surface area contributed by atoms with E-state index < -0.39 is 6.10 Å². The van der Waals surface area contributed by atoms with Gasteiger partial charge in [0.2, 0.25) is 0 Å². The first kappa shape index (κ1) is 34.8. The van der Waals surface area contributed by atoms with Crippen molar-refractivity contribution < 1.29 is 19.8 Å². The van der Waals surface area contributed by atoms with Crippen LogP contribution in [0, 0.1) is 0 Å². The Labute approximate surface area is 220 Å². The van der Waals surface area contributed by atoms with Gasteiger partial charge in [0.1, 0.15) is 12.6 Å². The fourth-order valence-electron chi connectivity index (χ4n) is 5.49. The van der Waals surface area contributed by atoms with Crippen LogP contribution in [0.25, 0.3) is 0 Å². The molecule has 212 valence electrons. The predicted molar refractivity (Wildman–Crippen MR) is 153 cm³/mol. The van der Waals surface area contributed by atoms with Crippen molar-refractivity contribution in [1.29, 1.82) is 0 Å². The van der Waals surface area contributed by atoms with Gasteiger partial charge in [0.25, 0.3) is 0 Å². The van der Waals surface area contributed by atoms with E-state index in [4.69, 9.17) is 0 Å². The van der Waals surface area contributed by atoms with Crippen molar-refractivity contribution in [2.24, 2.45) is 0 Å². The summed E-state index contributed by atoms with van der Waals surface area (Å²) in [6.07, 6.45) is 27.0. The molecule has 0 fully saturated rings. The minimum atomic E-state index is -0.685. The van der Waals surface area contributed by atoms with E-state index in [-0.39, 0.29) is 12.7 Å². The number of likely N-dealkylation sites (N-methyl/N-ethyl adjacent to an activating group) is 1.